The lowest BCUT2D eigenvalue weighted by Gasteiger charge is -2.20. The topological polar surface area (TPSA) is 46.3 Å². The van der Waals surface area contributed by atoms with Gasteiger partial charge in [0.05, 0.1) is 0 Å². The van der Waals surface area contributed by atoms with Gasteiger partial charge in [0.1, 0.15) is 0 Å². The summed E-state index contributed by atoms with van der Waals surface area (Å²) in [4.78, 5) is 13.8. The third kappa shape index (κ3) is 4.47. The largest absolute Gasteiger partial charge is 0.336 e. The minimum atomic E-state index is 0.201. The summed E-state index contributed by atoms with van der Waals surface area (Å²) in [6, 6.07) is 0.692. The second-order valence-electron chi connectivity index (χ2n) is 4.44. The molecule has 1 amide bonds. The molecular formula is C12H22N2O. The first-order valence-corrected chi connectivity index (χ1v) is 5.81. The molecule has 0 radical (unpaired) electrons. The molecule has 1 atom stereocenters. The van der Waals surface area contributed by atoms with E-state index < -0.39 is 0 Å². The van der Waals surface area contributed by atoms with Gasteiger partial charge in [-0.2, -0.15) is 0 Å². The standard InChI is InChI=1S/C12H22N2O/c1-3-9-14(11-7-8-11)12(15)6-4-5-10(2)13/h3,10-11H,1,4-9,13H2,2H3. The quantitative estimate of drug-likeness (QED) is 0.650. The summed E-state index contributed by atoms with van der Waals surface area (Å²) < 4.78 is 0. The van der Waals surface area contributed by atoms with Gasteiger partial charge in [-0.05, 0) is 32.6 Å². The van der Waals surface area contributed by atoms with Gasteiger partial charge in [0, 0.05) is 25.0 Å². The summed E-state index contributed by atoms with van der Waals surface area (Å²) >= 11 is 0. The normalized spacial score (nSPS) is 17.2. The van der Waals surface area contributed by atoms with E-state index in [0.717, 1.165) is 25.7 Å². The summed E-state index contributed by atoms with van der Waals surface area (Å²) in [6.45, 7) is 6.36. The van der Waals surface area contributed by atoms with Gasteiger partial charge in [-0.1, -0.05) is 6.08 Å². The SMILES string of the molecule is C=CCN(C(=O)CCCC(C)N)C1CC1. The zero-order chi connectivity index (χ0) is 11.3. The fourth-order valence-electron chi connectivity index (χ4n) is 1.70. The number of carbonyl (C=O) groups is 1. The summed E-state index contributed by atoms with van der Waals surface area (Å²) in [5.41, 5.74) is 5.64. The summed E-state index contributed by atoms with van der Waals surface area (Å²) in [6.07, 6.45) is 6.59. The molecule has 0 aliphatic heterocycles. The van der Waals surface area contributed by atoms with Crippen molar-refractivity contribution < 1.29 is 4.79 Å². The number of rotatable bonds is 7. The Kier molecular flexibility index (Phi) is 4.82. The third-order valence-electron chi connectivity index (χ3n) is 2.68. The van der Waals surface area contributed by atoms with E-state index in [1.807, 2.05) is 17.9 Å². The molecular weight excluding hydrogens is 188 g/mol. The molecule has 0 heterocycles. The van der Waals surface area contributed by atoms with Crippen LogP contribution in [0.15, 0.2) is 12.7 Å². The maximum absolute atomic E-state index is 11.8. The molecule has 1 aliphatic carbocycles. The Morgan fingerprint density at radius 1 is 1.67 bits per heavy atom. The van der Waals surface area contributed by atoms with Crippen molar-refractivity contribution in [3.63, 3.8) is 0 Å². The van der Waals surface area contributed by atoms with Gasteiger partial charge < -0.3 is 10.6 Å². The van der Waals surface area contributed by atoms with E-state index in [2.05, 4.69) is 6.58 Å². The van der Waals surface area contributed by atoms with Gasteiger partial charge in [0.15, 0.2) is 0 Å². The van der Waals surface area contributed by atoms with Crippen LogP contribution < -0.4 is 5.73 Å². The maximum Gasteiger partial charge on any atom is 0.223 e. The van der Waals surface area contributed by atoms with Crippen LogP contribution in [-0.4, -0.2) is 29.4 Å². The molecule has 15 heavy (non-hydrogen) atoms. The molecule has 3 nitrogen and oxygen atoms in total. The van der Waals surface area contributed by atoms with Crippen LogP contribution in [0.25, 0.3) is 0 Å². The second-order valence-corrected chi connectivity index (χ2v) is 4.44. The average Bonchev–Trinajstić information content (AvgIpc) is 2.96. The van der Waals surface area contributed by atoms with Gasteiger partial charge in [-0.15, -0.1) is 6.58 Å². The van der Waals surface area contributed by atoms with Crippen LogP contribution in [0.1, 0.15) is 39.0 Å². The molecule has 0 aromatic carbocycles. The molecule has 86 valence electrons. The van der Waals surface area contributed by atoms with Gasteiger partial charge in [-0.3, -0.25) is 4.79 Å². The first-order valence-electron chi connectivity index (χ1n) is 5.81. The van der Waals surface area contributed by atoms with Gasteiger partial charge in [0.2, 0.25) is 5.91 Å². The lowest BCUT2D eigenvalue weighted by molar-refractivity contribution is -0.131. The van der Waals surface area contributed by atoms with E-state index in [-0.39, 0.29) is 11.9 Å². The van der Waals surface area contributed by atoms with E-state index >= 15 is 0 Å². The number of nitrogens with two attached hydrogens (primary N) is 1. The van der Waals surface area contributed by atoms with Crippen molar-refractivity contribution in [2.24, 2.45) is 5.73 Å². The summed E-state index contributed by atoms with van der Waals surface area (Å²) in [7, 11) is 0. The zero-order valence-corrected chi connectivity index (χ0v) is 9.61. The van der Waals surface area contributed by atoms with Crippen LogP contribution in [-0.2, 0) is 4.79 Å². The highest BCUT2D eigenvalue weighted by Gasteiger charge is 2.31. The summed E-state index contributed by atoms with van der Waals surface area (Å²) in [5.74, 6) is 0.262. The molecule has 1 saturated carbocycles. The molecule has 0 saturated heterocycles. The molecule has 1 aliphatic rings. The lowest BCUT2D eigenvalue weighted by atomic mass is 10.1. The highest BCUT2D eigenvalue weighted by Crippen LogP contribution is 2.27. The van der Waals surface area contributed by atoms with Crippen molar-refractivity contribution in [3.8, 4) is 0 Å². The van der Waals surface area contributed by atoms with Crippen molar-refractivity contribution in [1.82, 2.24) is 4.90 Å². The first kappa shape index (κ1) is 12.2. The number of amides is 1. The Bertz CT molecular complexity index is 222. The lowest BCUT2D eigenvalue weighted by Crippen LogP contribution is -2.33. The number of nitrogens with zero attached hydrogens (tertiary/aromatic N) is 1. The predicted octanol–water partition coefficient (Wildman–Crippen LogP) is 1.68. The molecule has 1 fully saturated rings. The summed E-state index contributed by atoms with van der Waals surface area (Å²) in [5, 5.41) is 0. The zero-order valence-electron chi connectivity index (χ0n) is 9.61. The smallest absolute Gasteiger partial charge is 0.223 e. The molecule has 1 rings (SSSR count). The van der Waals surface area contributed by atoms with E-state index in [1.54, 1.807) is 0 Å². The van der Waals surface area contributed by atoms with Crippen LogP contribution in [0.2, 0.25) is 0 Å². The molecule has 3 heteroatoms. The number of hydrogen-bond acceptors (Lipinski definition) is 2. The number of carbonyl (C=O) groups excluding carboxylic acids is 1. The maximum atomic E-state index is 11.8. The average molecular weight is 210 g/mol. The molecule has 1 unspecified atom stereocenters. The van der Waals surface area contributed by atoms with Crippen LogP contribution >= 0.6 is 0 Å². The van der Waals surface area contributed by atoms with Gasteiger partial charge in [-0.25, -0.2) is 0 Å². The monoisotopic (exact) mass is 210 g/mol. The Balaban J connectivity index is 2.26. The Labute approximate surface area is 92.3 Å². The van der Waals surface area contributed by atoms with Crippen molar-refractivity contribution >= 4 is 5.91 Å². The minimum Gasteiger partial charge on any atom is -0.336 e. The van der Waals surface area contributed by atoms with E-state index in [0.29, 0.717) is 19.0 Å². The van der Waals surface area contributed by atoms with Gasteiger partial charge in [0.25, 0.3) is 0 Å². The third-order valence-corrected chi connectivity index (χ3v) is 2.68. The van der Waals surface area contributed by atoms with Crippen molar-refractivity contribution in [2.75, 3.05) is 6.54 Å². The Hall–Kier alpha value is -0.830. The van der Waals surface area contributed by atoms with Crippen molar-refractivity contribution in [1.29, 1.82) is 0 Å². The first-order chi connectivity index (χ1) is 7.15. The number of hydrogen-bond donors (Lipinski definition) is 1. The van der Waals surface area contributed by atoms with E-state index in [4.69, 9.17) is 5.73 Å². The van der Waals surface area contributed by atoms with Crippen molar-refractivity contribution in [2.45, 2.75) is 51.1 Å². The fourth-order valence-corrected chi connectivity index (χ4v) is 1.70. The Morgan fingerprint density at radius 2 is 2.33 bits per heavy atom. The molecule has 0 aromatic rings. The second kappa shape index (κ2) is 5.91. The molecule has 0 bridgehead atoms. The van der Waals surface area contributed by atoms with Crippen molar-refractivity contribution in [3.05, 3.63) is 12.7 Å². The van der Waals surface area contributed by atoms with Gasteiger partial charge >= 0.3 is 0 Å². The Morgan fingerprint density at radius 3 is 2.80 bits per heavy atom. The van der Waals surface area contributed by atoms with Crippen LogP contribution in [0.4, 0.5) is 0 Å². The fraction of sp³-hybridized carbons (Fsp3) is 0.750. The minimum absolute atomic E-state index is 0.201. The molecule has 2 N–H and O–H groups in total. The predicted molar refractivity (Wildman–Crippen MR) is 62.4 cm³/mol. The molecule has 0 spiro atoms. The van der Waals surface area contributed by atoms with Crippen LogP contribution in [0.3, 0.4) is 0 Å². The van der Waals surface area contributed by atoms with Crippen LogP contribution in [0.5, 0.6) is 0 Å². The van der Waals surface area contributed by atoms with E-state index in [1.165, 1.54) is 0 Å². The highest BCUT2D eigenvalue weighted by atomic mass is 16.2. The van der Waals surface area contributed by atoms with Crippen LogP contribution in [0, 0.1) is 0 Å². The van der Waals surface area contributed by atoms with E-state index in [9.17, 15) is 4.79 Å². The molecule has 0 aromatic heterocycles. The highest BCUT2D eigenvalue weighted by molar-refractivity contribution is 5.77.